The van der Waals surface area contributed by atoms with Crippen LogP contribution in [-0.2, 0) is 10.1 Å². The largest absolute Gasteiger partial charge is 0.488 e. The zero-order valence-electron chi connectivity index (χ0n) is 22.1. The van der Waals surface area contributed by atoms with Crippen LogP contribution in [0.4, 0.5) is 13.2 Å². The van der Waals surface area contributed by atoms with Gasteiger partial charge >= 0.3 is 6.18 Å². The van der Waals surface area contributed by atoms with Crippen LogP contribution < -0.4 is 9.47 Å². The van der Waals surface area contributed by atoms with Gasteiger partial charge in [0.1, 0.15) is 22.7 Å². The van der Waals surface area contributed by atoms with E-state index >= 15 is 0 Å². The third kappa shape index (κ3) is 11.4. The summed E-state index contributed by atoms with van der Waals surface area (Å²) < 4.78 is 71.8. The summed E-state index contributed by atoms with van der Waals surface area (Å²) in [7, 11) is -4.91. The van der Waals surface area contributed by atoms with Crippen molar-refractivity contribution in [2.75, 3.05) is 5.75 Å². The maximum absolute atomic E-state index is 11.0. The molecule has 0 saturated heterocycles. The Kier molecular flexibility index (Phi) is 9.96. The zero-order chi connectivity index (χ0) is 28.9. The quantitative estimate of drug-likeness (QED) is 0.240. The third-order valence-corrected chi connectivity index (χ3v) is 5.57. The predicted octanol–water partition coefficient (Wildman–Crippen LogP) is 8.10. The lowest BCUT2D eigenvalue weighted by Gasteiger charge is -2.23. The highest BCUT2D eigenvalue weighted by Gasteiger charge is 2.33. The summed E-state index contributed by atoms with van der Waals surface area (Å²) in [5, 5.41) is 0. The first-order valence-corrected chi connectivity index (χ1v) is 13.7. The smallest absolute Gasteiger partial charge is 0.405 e. The Balaban J connectivity index is 0.000000484. The monoisotopic (exact) mass is 570 g/mol. The van der Waals surface area contributed by atoms with Gasteiger partial charge in [0.15, 0.2) is 5.75 Å². The summed E-state index contributed by atoms with van der Waals surface area (Å²) >= 11 is 4.77. The van der Waals surface area contributed by atoms with Crippen LogP contribution in [0.3, 0.4) is 0 Å². The standard InChI is InChI=1S/C26H30O2S.C2H3F3O3S/c1-25(2,3)27-20-12-7-10-18(16-20)22-14-9-15-23(29)24(22)19-11-8-13-21(17-19)28-26(4,5)6;3-2(4,5)1-9(6,7)8/h7-17,29H,1-6H3;1H2,(H,6,7,8). The van der Waals surface area contributed by atoms with Crippen molar-refractivity contribution in [2.24, 2.45) is 0 Å². The second kappa shape index (κ2) is 12.0. The van der Waals surface area contributed by atoms with Crippen molar-refractivity contribution in [3.8, 4) is 33.8 Å². The van der Waals surface area contributed by atoms with Crippen molar-refractivity contribution in [1.82, 2.24) is 0 Å². The molecule has 0 amide bonds. The van der Waals surface area contributed by atoms with Crippen LogP contribution in [0.2, 0.25) is 0 Å². The maximum Gasteiger partial charge on any atom is 0.405 e. The molecular weight excluding hydrogens is 537 g/mol. The Hall–Kier alpha value is -2.69. The zero-order valence-corrected chi connectivity index (χ0v) is 23.8. The van der Waals surface area contributed by atoms with Crippen LogP contribution in [0.1, 0.15) is 41.5 Å². The molecule has 0 aliphatic carbocycles. The molecular formula is C28H33F3O5S2. The fourth-order valence-corrected chi connectivity index (χ4v) is 4.19. The molecule has 0 bridgehead atoms. The molecule has 5 nitrogen and oxygen atoms in total. The highest BCUT2D eigenvalue weighted by molar-refractivity contribution is 7.85. The van der Waals surface area contributed by atoms with E-state index in [0.717, 1.165) is 38.6 Å². The Morgan fingerprint density at radius 1 is 0.763 bits per heavy atom. The first-order valence-electron chi connectivity index (χ1n) is 11.7. The minimum atomic E-state index is -4.91. The molecule has 0 spiro atoms. The van der Waals surface area contributed by atoms with E-state index < -0.39 is 22.0 Å². The Labute approximate surface area is 228 Å². The number of rotatable bonds is 5. The van der Waals surface area contributed by atoms with Gasteiger partial charge in [0.05, 0.1) is 0 Å². The number of halogens is 3. The van der Waals surface area contributed by atoms with Gasteiger partial charge in [-0.1, -0.05) is 36.4 Å². The SMILES string of the molecule is CC(C)(C)Oc1cccc(-c2cccc(S)c2-c2cccc(OC(C)(C)C)c2)c1.O=S(=O)(O)CC(F)(F)F. The van der Waals surface area contributed by atoms with E-state index in [2.05, 4.69) is 71.9 Å². The summed E-state index contributed by atoms with van der Waals surface area (Å²) in [5.41, 5.74) is 3.88. The molecule has 38 heavy (non-hydrogen) atoms. The van der Waals surface area contributed by atoms with Gasteiger partial charge in [0.25, 0.3) is 10.1 Å². The van der Waals surface area contributed by atoms with Gasteiger partial charge in [0.2, 0.25) is 0 Å². The molecule has 0 aliphatic heterocycles. The molecule has 0 aliphatic rings. The Bertz CT molecular complexity index is 1340. The Morgan fingerprint density at radius 3 is 1.63 bits per heavy atom. The molecule has 3 aromatic rings. The number of hydrogen-bond donors (Lipinski definition) is 2. The molecule has 208 valence electrons. The van der Waals surface area contributed by atoms with Gasteiger partial charge in [0, 0.05) is 10.5 Å². The average molecular weight is 571 g/mol. The lowest BCUT2D eigenvalue weighted by atomic mass is 9.94. The molecule has 3 aromatic carbocycles. The van der Waals surface area contributed by atoms with Gasteiger partial charge in [-0.05, 0) is 88.6 Å². The molecule has 10 heteroatoms. The van der Waals surface area contributed by atoms with Crippen molar-refractivity contribution in [2.45, 2.75) is 63.8 Å². The topological polar surface area (TPSA) is 72.8 Å². The number of benzene rings is 3. The van der Waals surface area contributed by atoms with Crippen LogP contribution in [-0.4, -0.2) is 36.1 Å². The Morgan fingerprint density at radius 2 is 1.21 bits per heavy atom. The molecule has 0 unspecified atom stereocenters. The number of hydrogen-bond acceptors (Lipinski definition) is 5. The number of alkyl halides is 3. The maximum atomic E-state index is 11.0. The van der Waals surface area contributed by atoms with Crippen LogP contribution in [0.25, 0.3) is 22.3 Å². The third-order valence-electron chi connectivity index (χ3n) is 4.50. The number of ether oxygens (including phenoxy) is 2. The van der Waals surface area contributed by atoms with E-state index in [4.69, 9.17) is 26.7 Å². The van der Waals surface area contributed by atoms with Crippen molar-refractivity contribution in [3.05, 3.63) is 66.7 Å². The normalized spacial score (nSPS) is 12.4. The highest BCUT2D eigenvalue weighted by Crippen LogP contribution is 2.39. The van der Waals surface area contributed by atoms with E-state index in [1.807, 2.05) is 36.4 Å². The molecule has 3 rings (SSSR count). The van der Waals surface area contributed by atoms with Gasteiger partial charge in [-0.3, -0.25) is 4.55 Å². The van der Waals surface area contributed by atoms with Gasteiger partial charge in [-0.2, -0.15) is 21.6 Å². The summed E-state index contributed by atoms with van der Waals surface area (Å²) in [5.74, 6) is -0.474. The lowest BCUT2D eigenvalue weighted by molar-refractivity contribution is -0.107. The summed E-state index contributed by atoms with van der Waals surface area (Å²) in [6, 6.07) is 22.6. The minimum Gasteiger partial charge on any atom is -0.488 e. The van der Waals surface area contributed by atoms with Gasteiger partial charge < -0.3 is 9.47 Å². The van der Waals surface area contributed by atoms with Crippen molar-refractivity contribution in [3.63, 3.8) is 0 Å². The molecule has 0 fully saturated rings. The van der Waals surface area contributed by atoms with Crippen LogP contribution in [0.5, 0.6) is 11.5 Å². The van der Waals surface area contributed by atoms with Crippen LogP contribution in [0, 0.1) is 0 Å². The molecule has 1 N–H and O–H groups in total. The van der Waals surface area contributed by atoms with Gasteiger partial charge in [-0.15, -0.1) is 12.6 Å². The van der Waals surface area contributed by atoms with E-state index in [0.29, 0.717) is 0 Å². The second-order valence-corrected chi connectivity index (χ2v) is 12.5. The average Bonchev–Trinajstić information content (AvgIpc) is 2.69. The number of thiol groups is 1. The fourth-order valence-electron chi connectivity index (χ4n) is 3.44. The van der Waals surface area contributed by atoms with Crippen molar-refractivity contribution in [1.29, 1.82) is 0 Å². The van der Waals surface area contributed by atoms with Crippen molar-refractivity contribution < 1.29 is 35.6 Å². The molecule has 0 saturated carbocycles. The lowest BCUT2D eigenvalue weighted by Crippen LogP contribution is -2.22. The van der Waals surface area contributed by atoms with Crippen molar-refractivity contribution >= 4 is 22.7 Å². The molecule has 0 aromatic heterocycles. The van der Waals surface area contributed by atoms with E-state index in [1.165, 1.54) is 0 Å². The van der Waals surface area contributed by atoms with Crippen LogP contribution >= 0.6 is 12.6 Å². The summed E-state index contributed by atoms with van der Waals surface area (Å²) in [6.45, 7) is 12.3. The highest BCUT2D eigenvalue weighted by atomic mass is 32.2. The molecule has 0 radical (unpaired) electrons. The van der Waals surface area contributed by atoms with E-state index in [9.17, 15) is 21.6 Å². The minimum absolute atomic E-state index is 0.245. The molecule has 0 atom stereocenters. The summed E-state index contributed by atoms with van der Waals surface area (Å²) in [6.07, 6.45) is -4.85. The van der Waals surface area contributed by atoms with E-state index in [1.54, 1.807) is 0 Å². The fraction of sp³-hybridized carbons (Fsp3) is 0.357. The second-order valence-electron chi connectivity index (χ2n) is 10.5. The first kappa shape index (κ1) is 31.5. The predicted molar refractivity (Wildman–Crippen MR) is 148 cm³/mol. The summed E-state index contributed by atoms with van der Waals surface area (Å²) in [4.78, 5) is 0.928. The van der Waals surface area contributed by atoms with Gasteiger partial charge in [-0.25, -0.2) is 0 Å². The molecule has 0 heterocycles. The van der Waals surface area contributed by atoms with E-state index in [-0.39, 0.29) is 11.2 Å². The van der Waals surface area contributed by atoms with Crippen LogP contribution in [0.15, 0.2) is 71.6 Å². The first-order chi connectivity index (χ1) is 17.2.